The summed E-state index contributed by atoms with van der Waals surface area (Å²) in [6, 6.07) is 20.8. The average Bonchev–Trinajstić information content (AvgIpc) is 2.88. The normalized spacial score (nSPS) is 11.2. The van der Waals surface area contributed by atoms with Crippen LogP contribution in [0, 0.1) is 11.8 Å². The fourth-order valence-electron chi connectivity index (χ4n) is 3.95. The van der Waals surface area contributed by atoms with Gasteiger partial charge in [0, 0.05) is 0 Å². The van der Waals surface area contributed by atoms with Crippen molar-refractivity contribution in [2.24, 2.45) is 11.8 Å². The van der Waals surface area contributed by atoms with Gasteiger partial charge in [0.25, 0.3) is 0 Å². The van der Waals surface area contributed by atoms with Crippen LogP contribution >= 0.6 is 8.60 Å². The van der Waals surface area contributed by atoms with Crippen LogP contribution < -0.4 is 0 Å². The molecule has 36 heavy (non-hydrogen) atoms. The molecular formula is C32H53O3P. The lowest BCUT2D eigenvalue weighted by atomic mass is 10.0. The molecule has 0 saturated carbocycles. The fraction of sp³-hybridized carbons (Fsp3) is 0.625. The largest absolute Gasteiger partial charge is 0.329 e. The van der Waals surface area contributed by atoms with Gasteiger partial charge < -0.3 is 13.9 Å². The first-order valence-corrected chi connectivity index (χ1v) is 15.5. The number of unbranched alkanes of at least 4 members (excludes halogenated alkanes) is 8. The lowest BCUT2D eigenvalue weighted by Gasteiger charge is -2.11. The highest BCUT2D eigenvalue weighted by Crippen LogP contribution is 2.33. The van der Waals surface area contributed by atoms with Crippen molar-refractivity contribution in [1.82, 2.24) is 0 Å². The Balaban J connectivity index is 0.000000442. The molecule has 2 rings (SSSR count). The first kappa shape index (κ1) is 32.8. The SMILES string of the molecule is CC(C)CCCCCCCOP(O)OCCCCCCCC(C)C.c1ccc(-c2ccccc2)cc1. The van der Waals surface area contributed by atoms with Crippen LogP contribution in [0.3, 0.4) is 0 Å². The van der Waals surface area contributed by atoms with Gasteiger partial charge in [-0.1, -0.05) is 153 Å². The first-order chi connectivity index (χ1) is 17.5. The molecule has 0 aliphatic carbocycles. The molecule has 0 amide bonds. The standard InChI is InChI=1S/C20H43O3P.C12H10/c1-19(2)15-11-7-5-9-13-17-22-24(21)23-18-14-10-6-8-12-16-20(3)4;1-3-7-11(8-4-1)12-9-5-2-6-10-12/h19-21H,5-18H2,1-4H3;1-10H. The van der Waals surface area contributed by atoms with Crippen molar-refractivity contribution in [1.29, 1.82) is 0 Å². The molecule has 0 unspecified atom stereocenters. The highest BCUT2D eigenvalue weighted by molar-refractivity contribution is 7.40. The molecule has 1 N–H and O–H groups in total. The summed E-state index contributed by atoms with van der Waals surface area (Å²) in [4.78, 5) is 9.67. The van der Waals surface area contributed by atoms with Crippen molar-refractivity contribution in [3.05, 3.63) is 60.7 Å². The summed E-state index contributed by atoms with van der Waals surface area (Å²) >= 11 is 0. The Labute approximate surface area is 224 Å². The molecule has 0 radical (unpaired) electrons. The summed E-state index contributed by atoms with van der Waals surface area (Å²) in [6.45, 7) is 10.4. The summed E-state index contributed by atoms with van der Waals surface area (Å²) in [5, 5.41) is 0. The van der Waals surface area contributed by atoms with Crippen molar-refractivity contribution >= 4 is 8.60 Å². The third-order valence-electron chi connectivity index (χ3n) is 6.14. The van der Waals surface area contributed by atoms with E-state index >= 15 is 0 Å². The predicted molar refractivity (Wildman–Crippen MR) is 158 cm³/mol. The van der Waals surface area contributed by atoms with Gasteiger partial charge in [0.05, 0.1) is 13.2 Å². The van der Waals surface area contributed by atoms with Gasteiger partial charge in [-0.3, -0.25) is 0 Å². The van der Waals surface area contributed by atoms with Crippen LogP contribution in [0.15, 0.2) is 60.7 Å². The van der Waals surface area contributed by atoms with Crippen LogP contribution in [0.2, 0.25) is 0 Å². The van der Waals surface area contributed by atoms with Gasteiger partial charge in [-0.15, -0.1) is 0 Å². The molecule has 0 aliphatic heterocycles. The van der Waals surface area contributed by atoms with Crippen molar-refractivity contribution < 1.29 is 13.9 Å². The zero-order valence-corrected chi connectivity index (χ0v) is 24.4. The number of hydrogen-bond acceptors (Lipinski definition) is 3. The third-order valence-corrected chi connectivity index (χ3v) is 6.94. The second-order valence-electron chi connectivity index (χ2n) is 10.5. The van der Waals surface area contributed by atoms with E-state index in [0.29, 0.717) is 13.2 Å². The summed E-state index contributed by atoms with van der Waals surface area (Å²) in [5.41, 5.74) is 2.55. The minimum atomic E-state index is -1.65. The molecule has 0 aliphatic rings. The molecule has 204 valence electrons. The van der Waals surface area contributed by atoms with Crippen molar-refractivity contribution in [2.45, 2.75) is 105 Å². The maximum absolute atomic E-state index is 9.67. The van der Waals surface area contributed by atoms with Crippen LogP contribution in [0.5, 0.6) is 0 Å². The van der Waals surface area contributed by atoms with Gasteiger partial charge in [-0.25, -0.2) is 0 Å². The van der Waals surface area contributed by atoms with Gasteiger partial charge in [-0.05, 0) is 35.8 Å². The Morgan fingerprint density at radius 3 is 1.22 bits per heavy atom. The van der Waals surface area contributed by atoms with Crippen molar-refractivity contribution in [2.75, 3.05) is 13.2 Å². The molecule has 0 atom stereocenters. The molecule has 0 spiro atoms. The molecule has 4 heteroatoms. The Morgan fingerprint density at radius 1 is 0.528 bits per heavy atom. The summed E-state index contributed by atoms with van der Waals surface area (Å²) in [7, 11) is -1.65. The van der Waals surface area contributed by atoms with Crippen LogP contribution in [0.25, 0.3) is 11.1 Å². The van der Waals surface area contributed by atoms with E-state index in [0.717, 1.165) is 24.7 Å². The van der Waals surface area contributed by atoms with Crippen LogP contribution in [0.4, 0.5) is 0 Å². The first-order valence-electron chi connectivity index (χ1n) is 14.3. The Morgan fingerprint density at radius 2 is 0.861 bits per heavy atom. The average molecular weight is 517 g/mol. The van der Waals surface area contributed by atoms with Crippen molar-refractivity contribution in [3.63, 3.8) is 0 Å². The zero-order valence-electron chi connectivity index (χ0n) is 23.5. The monoisotopic (exact) mass is 516 g/mol. The van der Waals surface area contributed by atoms with E-state index in [-0.39, 0.29) is 0 Å². The minimum Gasteiger partial charge on any atom is -0.328 e. The highest BCUT2D eigenvalue weighted by Gasteiger charge is 2.06. The lowest BCUT2D eigenvalue weighted by molar-refractivity contribution is 0.193. The van der Waals surface area contributed by atoms with E-state index in [1.165, 1.54) is 75.3 Å². The van der Waals surface area contributed by atoms with Gasteiger partial charge in [-0.2, -0.15) is 0 Å². The molecule has 0 fully saturated rings. The molecule has 0 aromatic heterocycles. The van der Waals surface area contributed by atoms with Crippen molar-refractivity contribution in [3.8, 4) is 11.1 Å². The van der Waals surface area contributed by atoms with Gasteiger partial charge in [0.15, 0.2) is 0 Å². The third kappa shape index (κ3) is 19.9. The second-order valence-corrected chi connectivity index (χ2v) is 11.5. The highest BCUT2D eigenvalue weighted by atomic mass is 31.2. The maximum atomic E-state index is 9.67. The Kier molecular flexibility index (Phi) is 20.9. The van der Waals surface area contributed by atoms with Gasteiger partial charge >= 0.3 is 8.60 Å². The smallest absolute Gasteiger partial charge is 0.328 e. The molecule has 0 bridgehead atoms. The molecule has 2 aromatic carbocycles. The maximum Gasteiger partial charge on any atom is 0.329 e. The van der Waals surface area contributed by atoms with E-state index in [4.69, 9.17) is 9.05 Å². The molecule has 0 heterocycles. The van der Waals surface area contributed by atoms with Crippen LogP contribution in [-0.2, 0) is 9.05 Å². The number of hydrogen-bond donors (Lipinski definition) is 1. The van der Waals surface area contributed by atoms with Crippen LogP contribution in [-0.4, -0.2) is 18.1 Å². The zero-order chi connectivity index (χ0) is 26.3. The van der Waals surface area contributed by atoms with E-state index in [9.17, 15) is 4.89 Å². The topological polar surface area (TPSA) is 38.7 Å². The lowest BCUT2D eigenvalue weighted by Crippen LogP contribution is -1.96. The molecular weight excluding hydrogens is 463 g/mol. The summed E-state index contributed by atoms with van der Waals surface area (Å²) in [6.07, 6.45) is 15.0. The number of benzene rings is 2. The summed E-state index contributed by atoms with van der Waals surface area (Å²) in [5.74, 6) is 1.65. The second kappa shape index (κ2) is 22.9. The number of rotatable bonds is 19. The van der Waals surface area contributed by atoms with Gasteiger partial charge in [0.1, 0.15) is 0 Å². The summed E-state index contributed by atoms with van der Waals surface area (Å²) < 4.78 is 10.7. The minimum absolute atomic E-state index is 0.627. The molecule has 2 aromatic rings. The van der Waals surface area contributed by atoms with E-state index in [2.05, 4.69) is 76.2 Å². The quantitative estimate of drug-likeness (QED) is 0.149. The van der Waals surface area contributed by atoms with E-state index < -0.39 is 8.60 Å². The van der Waals surface area contributed by atoms with Crippen LogP contribution in [0.1, 0.15) is 105 Å². The Hall–Kier alpha value is -1.25. The fourth-order valence-corrected chi connectivity index (χ4v) is 4.60. The van der Waals surface area contributed by atoms with Gasteiger partial charge in [0.2, 0.25) is 0 Å². The van der Waals surface area contributed by atoms with E-state index in [1.807, 2.05) is 12.1 Å². The Bertz CT molecular complexity index is 644. The molecule has 3 nitrogen and oxygen atoms in total. The van der Waals surface area contributed by atoms with E-state index in [1.54, 1.807) is 0 Å². The molecule has 0 saturated heterocycles. The predicted octanol–water partition coefficient (Wildman–Crippen LogP) is 10.6.